The maximum Gasteiger partial charge on any atom is 0.460 e. The van der Waals surface area contributed by atoms with Crippen LogP contribution in [-0.2, 0) is 14.2 Å². The minimum absolute atomic E-state index is 0.942. The summed E-state index contributed by atoms with van der Waals surface area (Å²) in [5.74, 6) is -155. The molecule has 3 nitrogen and oxygen atoms in total. The van der Waals surface area contributed by atoms with Crippen LogP contribution in [0.15, 0.2) is 0 Å². The van der Waals surface area contributed by atoms with Gasteiger partial charge in [-0.05, 0) is 0 Å². The van der Waals surface area contributed by atoms with Gasteiger partial charge in [0, 0.05) is 0 Å². The highest BCUT2D eigenvalue weighted by Gasteiger charge is 3.07. The highest BCUT2D eigenvalue weighted by Crippen LogP contribution is 2.75. The molecule has 2 saturated heterocycles. The first-order chi connectivity index (χ1) is 25.6. The third kappa shape index (κ3) is 5.81. The van der Waals surface area contributed by atoms with Gasteiger partial charge in [-0.1, -0.05) is 0 Å². The fourth-order valence-corrected chi connectivity index (χ4v) is 4.00. The molecule has 2 heterocycles. The van der Waals surface area contributed by atoms with Crippen LogP contribution < -0.4 is 0 Å². The summed E-state index contributed by atoms with van der Waals surface area (Å²) >= 11 is 0. The van der Waals surface area contributed by atoms with Crippen molar-refractivity contribution in [1.29, 1.82) is 0 Å². The van der Waals surface area contributed by atoms with Crippen LogP contribution in [0.5, 0.6) is 0 Å². The van der Waals surface area contributed by atoms with Gasteiger partial charge < -0.3 is 0 Å². The standard InChI is InChI=1S/C20F38O3/c21-1(22,3(25,26)7(33,34)11(41,42)17(49,50)51)5(29,30)9(37,38)13(45,15(47)19(55,56)60-15)59-14(46,16(48)20(57,58)61-16)10(39,40)6(31,32)2(23,24)4(27,28)8(35,36)12(43,44)18(52,53)54. The van der Waals surface area contributed by atoms with E-state index in [0.29, 0.717) is 0 Å². The van der Waals surface area contributed by atoms with Gasteiger partial charge >= 0.3 is 119 Å². The Morgan fingerprint density at radius 2 is 0.361 bits per heavy atom. The molecule has 0 aromatic carbocycles. The largest absolute Gasteiger partial charge is 0.460 e. The Labute approximate surface area is 301 Å². The average molecular weight is 1010 g/mol. The molecule has 41 heteroatoms. The van der Waals surface area contributed by atoms with Crippen LogP contribution >= 0.6 is 0 Å². The molecular weight excluding hydrogens is 1010 g/mol. The van der Waals surface area contributed by atoms with Crippen molar-refractivity contribution in [1.82, 2.24) is 0 Å². The molecule has 0 aliphatic carbocycles. The van der Waals surface area contributed by atoms with Gasteiger partial charge in [-0.25, -0.2) is 0 Å². The SMILES string of the molecule is FC(F)(F)C(F)(F)C(F)(F)C(F)(F)C(F)(F)C(F)(F)C(F)(F)C(F)(OC(F)(C(F)(F)C(F)(F)C(F)(F)C(F)(F)C(F)(F)C(F)(F)C(F)(F)F)C1(F)OC1(F)F)C1(F)OC1(F)F. The molecule has 2 aliphatic heterocycles. The first kappa shape index (κ1) is 54.4. The molecule has 364 valence electrons. The Bertz CT molecular complexity index is 1580. The Kier molecular flexibility index (Phi) is 11.2. The van der Waals surface area contributed by atoms with Gasteiger partial charge in [0.15, 0.2) is 0 Å². The molecule has 0 amide bonds. The molecular formula is C20F38O3. The predicted molar refractivity (Wildman–Crippen MR) is 100.0 cm³/mol. The molecule has 0 bridgehead atoms. The summed E-state index contributed by atoms with van der Waals surface area (Å²) in [5.41, 5.74) is 0. The molecule has 0 aromatic heterocycles. The first-order valence-corrected chi connectivity index (χ1v) is 12.9. The van der Waals surface area contributed by atoms with Gasteiger partial charge in [0.2, 0.25) is 0 Å². The van der Waals surface area contributed by atoms with Crippen molar-refractivity contribution in [3.05, 3.63) is 0 Å². The quantitative estimate of drug-likeness (QED) is 0.114. The van der Waals surface area contributed by atoms with E-state index in [-0.39, 0.29) is 0 Å². The number of alkyl halides is 38. The number of hydrogen-bond donors (Lipinski definition) is 0. The molecule has 0 saturated carbocycles. The number of hydrogen-bond acceptors (Lipinski definition) is 3. The Morgan fingerprint density at radius 3 is 0.492 bits per heavy atom. The summed E-state index contributed by atoms with van der Waals surface area (Å²) in [6.07, 6.45) is -32.2. The van der Waals surface area contributed by atoms with Crippen molar-refractivity contribution >= 4 is 0 Å². The topological polar surface area (TPSA) is 34.3 Å². The van der Waals surface area contributed by atoms with E-state index in [1.165, 1.54) is 0 Å². The molecule has 61 heavy (non-hydrogen) atoms. The lowest BCUT2D eigenvalue weighted by Crippen LogP contribution is -2.80. The van der Waals surface area contributed by atoms with Crippen molar-refractivity contribution in [2.24, 2.45) is 0 Å². The van der Waals surface area contributed by atoms with E-state index in [0.717, 1.165) is 4.74 Å². The second kappa shape index (κ2) is 12.5. The molecule has 4 unspecified atom stereocenters. The number of ether oxygens (including phenoxy) is 3. The second-order valence-corrected chi connectivity index (χ2v) is 11.6. The maximum absolute atomic E-state index is 15.5. The molecule has 2 rings (SSSR count). The summed E-state index contributed by atoms with van der Waals surface area (Å²) in [6, 6.07) is 0. The van der Waals surface area contributed by atoms with E-state index in [2.05, 4.69) is 0 Å². The molecule has 0 radical (unpaired) electrons. The number of rotatable bonds is 16. The number of halogens is 38. The fraction of sp³-hybridized carbons (Fsp3) is 1.00. The van der Waals surface area contributed by atoms with Crippen LogP contribution in [0.1, 0.15) is 0 Å². The van der Waals surface area contributed by atoms with Gasteiger partial charge in [0.05, 0.1) is 0 Å². The monoisotopic (exact) mass is 1010 g/mol. The van der Waals surface area contributed by atoms with E-state index in [4.69, 9.17) is 0 Å². The van der Waals surface area contributed by atoms with Crippen LogP contribution in [0.3, 0.4) is 0 Å². The molecule has 2 fully saturated rings. The molecule has 0 aromatic rings. The third-order valence-electron chi connectivity index (χ3n) is 7.77. The van der Waals surface area contributed by atoms with Gasteiger partial charge in [-0.2, -0.15) is 167 Å². The zero-order valence-corrected chi connectivity index (χ0v) is 25.6. The average Bonchev–Trinajstić information content (AvgIpc) is 3.77. The predicted octanol–water partition coefficient (Wildman–Crippen LogP) is 11.7. The van der Waals surface area contributed by atoms with Crippen LogP contribution in [0.2, 0.25) is 0 Å². The lowest BCUT2D eigenvalue weighted by Gasteiger charge is -2.48. The minimum atomic E-state index is -10.3. The van der Waals surface area contributed by atoms with Crippen LogP contribution in [0.25, 0.3) is 0 Å². The number of epoxide rings is 2. The molecule has 0 spiro atoms. The zero-order valence-electron chi connectivity index (χ0n) is 25.6. The molecule has 2 aliphatic rings. The first-order valence-electron chi connectivity index (χ1n) is 12.9. The Hall–Kier alpha value is -2.78. The van der Waals surface area contributed by atoms with Crippen molar-refractivity contribution in [3.63, 3.8) is 0 Å². The van der Waals surface area contributed by atoms with Gasteiger partial charge in [-0.15, -0.1) is 0 Å². The van der Waals surface area contributed by atoms with E-state index in [1.807, 2.05) is 0 Å². The summed E-state index contributed by atoms with van der Waals surface area (Å²) in [7, 11) is 0. The molecule has 0 N–H and O–H groups in total. The summed E-state index contributed by atoms with van der Waals surface area (Å²) < 4.78 is 527. The smallest absolute Gasteiger partial charge is 0.288 e. The Morgan fingerprint density at radius 1 is 0.230 bits per heavy atom. The Balaban J connectivity index is 3.17. The van der Waals surface area contributed by atoms with Crippen molar-refractivity contribution < 1.29 is 181 Å². The normalized spacial score (nSPS) is 26.5. The van der Waals surface area contributed by atoms with Crippen LogP contribution in [0.4, 0.5) is 167 Å². The highest BCUT2D eigenvalue weighted by molar-refractivity contribution is 5.25. The summed E-state index contributed by atoms with van der Waals surface area (Å²) in [5, 5.41) is 0. The van der Waals surface area contributed by atoms with Crippen LogP contribution in [0, 0.1) is 0 Å². The lowest BCUT2D eigenvalue weighted by atomic mass is 9.85. The van der Waals surface area contributed by atoms with E-state index >= 15 is 8.78 Å². The van der Waals surface area contributed by atoms with Crippen LogP contribution in [-0.4, -0.2) is 119 Å². The van der Waals surface area contributed by atoms with Crippen molar-refractivity contribution in [2.45, 2.75) is 119 Å². The van der Waals surface area contributed by atoms with Gasteiger partial charge in [0.1, 0.15) is 0 Å². The molecule has 4 atom stereocenters. The summed E-state index contributed by atoms with van der Waals surface area (Å²) in [6.45, 7) is 0. The van der Waals surface area contributed by atoms with E-state index < -0.39 is 119 Å². The zero-order chi connectivity index (χ0) is 50.1. The third-order valence-corrected chi connectivity index (χ3v) is 7.77. The fourth-order valence-electron chi connectivity index (χ4n) is 4.00. The minimum Gasteiger partial charge on any atom is -0.288 e. The maximum atomic E-state index is 15.5. The van der Waals surface area contributed by atoms with Gasteiger partial charge in [0.25, 0.3) is 0 Å². The highest BCUT2D eigenvalue weighted by atomic mass is 19.4. The second-order valence-electron chi connectivity index (χ2n) is 11.6. The van der Waals surface area contributed by atoms with Crippen molar-refractivity contribution in [2.75, 3.05) is 0 Å². The van der Waals surface area contributed by atoms with E-state index in [1.54, 1.807) is 9.47 Å². The van der Waals surface area contributed by atoms with E-state index in [9.17, 15) is 158 Å². The van der Waals surface area contributed by atoms with Gasteiger partial charge in [-0.3, -0.25) is 14.2 Å². The summed E-state index contributed by atoms with van der Waals surface area (Å²) in [4.78, 5) is 0. The van der Waals surface area contributed by atoms with Crippen molar-refractivity contribution in [3.8, 4) is 0 Å². The lowest BCUT2D eigenvalue weighted by molar-refractivity contribution is -0.515.